The number of carbonyl (C=O) groups excluding carboxylic acids is 1. The van der Waals surface area contributed by atoms with Gasteiger partial charge in [-0.3, -0.25) is 4.79 Å². The summed E-state index contributed by atoms with van der Waals surface area (Å²) in [5.41, 5.74) is 1.09. The van der Waals surface area contributed by atoms with Crippen molar-refractivity contribution < 1.29 is 4.79 Å². The van der Waals surface area contributed by atoms with Crippen LogP contribution >= 0.6 is 50.7 Å². The Balaban J connectivity index is 2.24. The van der Waals surface area contributed by atoms with E-state index in [2.05, 4.69) is 20.9 Å². The molecule has 0 aliphatic heterocycles. The molecule has 0 N–H and O–H groups in total. The highest BCUT2D eigenvalue weighted by Gasteiger charge is 2.18. The van der Waals surface area contributed by atoms with E-state index in [4.69, 9.17) is 34.8 Å². The highest BCUT2D eigenvalue weighted by molar-refractivity contribution is 9.10. The van der Waals surface area contributed by atoms with Crippen LogP contribution in [-0.4, -0.2) is 22.8 Å². The van der Waals surface area contributed by atoms with E-state index in [1.54, 1.807) is 25.2 Å². The molecule has 3 nitrogen and oxygen atoms in total. The molecule has 7 heteroatoms. The Labute approximate surface area is 146 Å². The number of nitrogens with zero attached hydrogens (tertiary/aromatic N) is 2. The fraction of sp³-hybridized carbons (Fsp3) is 0.143. The van der Waals surface area contributed by atoms with Crippen LogP contribution in [0.2, 0.25) is 15.2 Å². The van der Waals surface area contributed by atoms with E-state index in [-0.39, 0.29) is 11.1 Å². The van der Waals surface area contributed by atoms with E-state index in [1.807, 2.05) is 6.07 Å². The van der Waals surface area contributed by atoms with Crippen molar-refractivity contribution >= 4 is 56.6 Å². The van der Waals surface area contributed by atoms with E-state index >= 15 is 0 Å². The summed E-state index contributed by atoms with van der Waals surface area (Å²) in [6, 6.07) is 6.94. The Kier molecular flexibility index (Phi) is 5.49. The second-order valence-corrected chi connectivity index (χ2v) is 6.42. The molecule has 1 heterocycles. The molecule has 0 saturated carbocycles. The quantitative estimate of drug-likeness (QED) is 0.664. The van der Waals surface area contributed by atoms with Crippen LogP contribution in [0.1, 0.15) is 15.9 Å². The Morgan fingerprint density at radius 2 is 2.05 bits per heavy atom. The summed E-state index contributed by atoms with van der Waals surface area (Å²) in [7, 11) is 1.66. The smallest absolute Gasteiger partial charge is 0.257 e. The van der Waals surface area contributed by atoms with Crippen LogP contribution in [0.15, 0.2) is 34.9 Å². The number of hydrogen-bond acceptors (Lipinski definition) is 2. The van der Waals surface area contributed by atoms with Gasteiger partial charge in [-0.1, -0.05) is 46.9 Å². The largest absolute Gasteiger partial charge is 0.337 e. The number of aromatic nitrogens is 1. The van der Waals surface area contributed by atoms with Gasteiger partial charge in [0.1, 0.15) is 5.15 Å². The number of halogens is 4. The molecule has 0 radical (unpaired) electrons. The molecule has 0 spiro atoms. The zero-order valence-corrected chi connectivity index (χ0v) is 14.8. The Morgan fingerprint density at radius 1 is 1.33 bits per heavy atom. The van der Waals surface area contributed by atoms with Gasteiger partial charge in [0.15, 0.2) is 0 Å². The Hall–Kier alpha value is -0.810. The number of benzene rings is 1. The molecule has 1 amide bonds. The number of pyridine rings is 1. The third-order valence-electron chi connectivity index (χ3n) is 2.82. The van der Waals surface area contributed by atoms with Crippen molar-refractivity contribution in [1.82, 2.24) is 9.88 Å². The molecule has 0 saturated heterocycles. The molecule has 1 aromatic carbocycles. The topological polar surface area (TPSA) is 33.2 Å². The van der Waals surface area contributed by atoms with Gasteiger partial charge in [-0.15, -0.1) is 0 Å². The van der Waals surface area contributed by atoms with E-state index in [1.165, 1.54) is 11.1 Å². The van der Waals surface area contributed by atoms with Gasteiger partial charge in [0.25, 0.3) is 5.91 Å². The van der Waals surface area contributed by atoms with Crippen molar-refractivity contribution in [3.05, 3.63) is 61.3 Å². The van der Waals surface area contributed by atoms with E-state index < -0.39 is 0 Å². The molecule has 2 rings (SSSR count). The average Bonchev–Trinajstić information content (AvgIpc) is 2.45. The van der Waals surface area contributed by atoms with Gasteiger partial charge in [-0.25, -0.2) is 4.98 Å². The van der Waals surface area contributed by atoms with Gasteiger partial charge in [-0.2, -0.15) is 0 Å². The minimum atomic E-state index is -0.246. The van der Waals surface area contributed by atoms with Crippen LogP contribution in [0.3, 0.4) is 0 Å². The molecule has 2 aromatic rings. The maximum Gasteiger partial charge on any atom is 0.257 e. The van der Waals surface area contributed by atoms with Crippen molar-refractivity contribution in [2.75, 3.05) is 7.05 Å². The molecule has 0 aliphatic rings. The lowest BCUT2D eigenvalue weighted by Gasteiger charge is -2.19. The highest BCUT2D eigenvalue weighted by atomic mass is 79.9. The first-order valence-corrected chi connectivity index (χ1v) is 7.82. The van der Waals surface area contributed by atoms with Gasteiger partial charge in [0.05, 0.1) is 15.6 Å². The summed E-state index contributed by atoms with van der Waals surface area (Å²) >= 11 is 21.3. The van der Waals surface area contributed by atoms with Crippen LogP contribution < -0.4 is 0 Å². The third kappa shape index (κ3) is 3.89. The van der Waals surface area contributed by atoms with Gasteiger partial charge in [0, 0.05) is 24.3 Å². The Morgan fingerprint density at radius 3 is 2.76 bits per heavy atom. The van der Waals surface area contributed by atoms with Gasteiger partial charge >= 0.3 is 0 Å². The Bertz CT molecular complexity index is 694. The molecule has 0 atom stereocenters. The zero-order valence-electron chi connectivity index (χ0n) is 10.9. The monoisotopic (exact) mass is 406 g/mol. The van der Waals surface area contributed by atoms with Gasteiger partial charge in [0.2, 0.25) is 0 Å². The first-order chi connectivity index (χ1) is 9.90. The fourth-order valence-electron chi connectivity index (χ4n) is 1.78. The minimum Gasteiger partial charge on any atom is -0.337 e. The van der Waals surface area contributed by atoms with Crippen molar-refractivity contribution in [2.45, 2.75) is 6.54 Å². The predicted octanol–water partition coefficient (Wildman–Crippen LogP) is 5.08. The predicted molar refractivity (Wildman–Crippen MR) is 89.2 cm³/mol. The zero-order chi connectivity index (χ0) is 15.6. The second-order valence-electron chi connectivity index (χ2n) is 4.37. The summed E-state index contributed by atoms with van der Waals surface area (Å²) in [6.07, 6.45) is 1.53. The fourth-order valence-corrected chi connectivity index (χ4v) is 2.67. The summed E-state index contributed by atoms with van der Waals surface area (Å²) < 4.78 is 0.685. The minimum absolute atomic E-state index is 0.159. The van der Waals surface area contributed by atoms with Gasteiger partial charge in [-0.05, 0) is 33.6 Å². The standard InChI is InChI=1S/C14H10BrCl3N2O/c1-20(7-8-3-2-4-11(16)12(8)17)14(21)10-5-9(15)6-19-13(10)18/h2-6H,7H2,1H3. The van der Waals surface area contributed by atoms with Crippen molar-refractivity contribution in [3.63, 3.8) is 0 Å². The van der Waals surface area contributed by atoms with Crippen LogP contribution in [-0.2, 0) is 6.54 Å². The normalized spacial score (nSPS) is 10.5. The number of amides is 1. The van der Waals surface area contributed by atoms with Crippen LogP contribution in [0.5, 0.6) is 0 Å². The molecule has 110 valence electrons. The van der Waals surface area contributed by atoms with Crippen molar-refractivity contribution in [2.24, 2.45) is 0 Å². The van der Waals surface area contributed by atoms with Crippen molar-refractivity contribution in [1.29, 1.82) is 0 Å². The SMILES string of the molecule is CN(Cc1cccc(Cl)c1Cl)C(=O)c1cc(Br)cnc1Cl. The summed E-state index contributed by atoms with van der Waals surface area (Å²) in [6.45, 7) is 0.321. The molecular formula is C14H10BrCl3N2O. The third-order valence-corrected chi connectivity index (χ3v) is 4.41. The van der Waals surface area contributed by atoms with Crippen LogP contribution in [0.4, 0.5) is 0 Å². The van der Waals surface area contributed by atoms with Crippen LogP contribution in [0, 0.1) is 0 Å². The molecule has 0 bridgehead atoms. The number of rotatable bonds is 3. The lowest BCUT2D eigenvalue weighted by Crippen LogP contribution is -2.26. The van der Waals surface area contributed by atoms with E-state index in [0.717, 1.165) is 5.56 Å². The van der Waals surface area contributed by atoms with Crippen molar-refractivity contribution in [3.8, 4) is 0 Å². The van der Waals surface area contributed by atoms with Crippen LogP contribution in [0.25, 0.3) is 0 Å². The van der Waals surface area contributed by atoms with E-state index in [9.17, 15) is 4.79 Å². The highest BCUT2D eigenvalue weighted by Crippen LogP contribution is 2.27. The molecule has 0 fully saturated rings. The summed E-state index contributed by atoms with van der Waals surface area (Å²) in [4.78, 5) is 17.9. The number of carbonyl (C=O) groups is 1. The molecular weight excluding hydrogens is 398 g/mol. The molecule has 21 heavy (non-hydrogen) atoms. The average molecular weight is 409 g/mol. The maximum atomic E-state index is 12.4. The first-order valence-electron chi connectivity index (χ1n) is 5.89. The lowest BCUT2D eigenvalue weighted by molar-refractivity contribution is 0.0785. The summed E-state index contributed by atoms with van der Waals surface area (Å²) in [5, 5.41) is 1.06. The summed E-state index contributed by atoms with van der Waals surface area (Å²) in [5.74, 6) is -0.246. The molecule has 0 aliphatic carbocycles. The first kappa shape index (κ1) is 16.6. The van der Waals surface area contributed by atoms with Gasteiger partial charge < -0.3 is 4.90 Å². The second kappa shape index (κ2) is 6.97. The maximum absolute atomic E-state index is 12.4. The molecule has 0 unspecified atom stereocenters. The lowest BCUT2D eigenvalue weighted by atomic mass is 10.2. The van der Waals surface area contributed by atoms with E-state index in [0.29, 0.717) is 26.6 Å². The number of hydrogen-bond donors (Lipinski definition) is 0. The molecule has 1 aromatic heterocycles.